The Labute approximate surface area is 122 Å². The van der Waals surface area contributed by atoms with E-state index in [0.717, 1.165) is 57.9 Å². The molecule has 114 valence electrons. The van der Waals surface area contributed by atoms with Gasteiger partial charge in [0.1, 0.15) is 0 Å². The second-order valence-corrected chi connectivity index (χ2v) is 6.25. The number of primary amides is 1. The zero-order valence-electron chi connectivity index (χ0n) is 12.5. The lowest BCUT2D eigenvalue weighted by Gasteiger charge is -2.31. The lowest BCUT2D eigenvalue weighted by molar-refractivity contribution is -0.123. The molecule has 1 saturated heterocycles. The number of likely N-dealkylation sites (tertiary alicyclic amines) is 1. The van der Waals surface area contributed by atoms with E-state index in [9.17, 15) is 4.79 Å². The Bertz CT molecular complexity index is 330. The number of hydrogen-bond acceptors (Lipinski definition) is 3. The molecule has 0 spiro atoms. The van der Waals surface area contributed by atoms with Gasteiger partial charge < -0.3 is 16.0 Å². The van der Waals surface area contributed by atoms with Gasteiger partial charge in [0.25, 0.3) is 0 Å². The number of piperidine rings is 1. The van der Waals surface area contributed by atoms with Gasteiger partial charge in [0.2, 0.25) is 5.91 Å². The van der Waals surface area contributed by atoms with Crippen molar-refractivity contribution in [1.82, 2.24) is 10.2 Å². The standard InChI is InChI=1S/C16H29N3O/c17-16(20)15-8-4-10-19(13-15)11-5-9-18-12-14-6-2-1-3-7-14/h1-2,14-15,18H,3-13H2,(H2,17,20)/t14-,15-/m1/s1. The van der Waals surface area contributed by atoms with Crippen LogP contribution >= 0.6 is 0 Å². The zero-order valence-corrected chi connectivity index (χ0v) is 12.5. The first-order valence-electron chi connectivity index (χ1n) is 8.13. The molecule has 0 unspecified atom stereocenters. The van der Waals surface area contributed by atoms with Gasteiger partial charge in [0.15, 0.2) is 0 Å². The maximum atomic E-state index is 11.2. The van der Waals surface area contributed by atoms with Crippen LogP contribution in [0.4, 0.5) is 0 Å². The highest BCUT2D eigenvalue weighted by Gasteiger charge is 2.23. The molecule has 2 aliphatic rings. The average Bonchev–Trinajstić information content (AvgIpc) is 2.48. The van der Waals surface area contributed by atoms with E-state index >= 15 is 0 Å². The van der Waals surface area contributed by atoms with E-state index in [1.54, 1.807) is 0 Å². The maximum absolute atomic E-state index is 11.2. The number of carbonyl (C=O) groups is 1. The molecule has 1 amide bonds. The van der Waals surface area contributed by atoms with E-state index in [0.29, 0.717) is 0 Å². The summed E-state index contributed by atoms with van der Waals surface area (Å²) in [4.78, 5) is 13.6. The first kappa shape index (κ1) is 15.5. The fourth-order valence-electron chi connectivity index (χ4n) is 3.27. The van der Waals surface area contributed by atoms with E-state index in [-0.39, 0.29) is 11.8 Å². The molecule has 1 aliphatic heterocycles. The second-order valence-electron chi connectivity index (χ2n) is 6.25. The molecule has 1 heterocycles. The molecule has 0 saturated carbocycles. The highest BCUT2D eigenvalue weighted by atomic mass is 16.1. The number of nitrogens with one attached hydrogen (secondary N) is 1. The quantitative estimate of drug-likeness (QED) is 0.549. The van der Waals surface area contributed by atoms with Crippen molar-refractivity contribution >= 4 is 5.91 Å². The van der Waals surface area contributed by atoms with E-state index in [2.05, 4.69) is 22.4 Å². The Morgan fingerprint density at radius 3 is 3.00 bits per heavy atom. The number of hydrogen-bond donors (Lipinski definition) is 2. The van der Waals surface area contributed by atoms with Crippen molar-refractivity contribution in [3.63, 3.8) is 0 Å². The molecule has 0 aromatic rings. The van der Waals surface area contributed by atoms with Gasteiger partial charge >= 0.3 is 0 Å². The van der Waals surface area contributed by atoms with Crippen LogP contribution in [0.5, 0.6) is 0 Å². The fraction of sp³-hybridized carbons (Fsp3) is 0.812. The van der Waals surface area contributed by atoms with E-state index < -0.39 is 0 Å². The number of nitrogens with zero attached hydrogens (tertiary/aromatic N) is 1. The summed E-state index contributed by atoms with van der Waals surface area (Å²) in [5.74, 6) is 0.776. The number of allylic oxidation sites excluding steroid dienone is 2. The monoisotopic (exact) mass is 279 g/mol. The minimum Gasteiger partial charge on any atom is -0.369 e. The van der Waals surface area contributed by atoms with Crippen LogP contribution in [0.3, 0.4) is 0 Å². The van der Waals surface area contributed by atoms with Gasteiger partial charge in [-0.3, -0.25) is 4.79 Å². The van der Waals surface area contributed by atoms with Crippen LogP contribution in [0.25, 0.3) is 0 Å². The SMILES string of the molecule is NC(=O)[C@@H]1CCCN(CCCNC[C@@H]2CC=CCC2)C1. The Morgan fingerprint density at radius 2 is 2.25 bits per heavy atom. The largest absolute Gasteiger partial charge is 0.369 e. The molecule has 0 aromatic carbocycles. The first-order chi connectivity index (χ1) is 9.75. The normalized spacial score (nSPS) is 27.6. The molecule has 0 aromatic heterocycles. The van der Waals surface area contributed by atoms with E-state index in [4.69, 9.17) is 5.73 Å². The molecule has 3 N–H and O–H groups in total. The number of carbonyl (C=O) groups excluding carboxylic acids is 1. The molecule has 1 fully saturated rings. The maximum Gasteiger partial charge on any atom is 0.221 e. The second kappa shape index (κ2) is 8.42. The van der Waals surface area contributed by atoms with Crippen LogP contribution in [0.15, 0.2) is 12.2 Å². The van der Waals surface area contributed by atoms with Crippen LogP contribution in [0.1, 0.15) is 38.5 Å². The van der Waals surface area contributed by atoms with Crippen LogP contribution in [0, 0.1) is 11.8 Å². The van der Waals surface area contributed by atoms with Crippen LogP contribution in [0.2, 0.25) is 0 Å². The van der Waals surface area contributed by atoms with Gasteiger partial charge in [0, 0.05) is 6.54 Å². The van der Waals surface area contributed by atoms with Crippen molar-refractivity contribution in [2.24, 2.45) is 17.6 Å². The van der Waals surface area contributed by atoms with Gasteiger partial charge in [-0.1, -0.05) is 12.2 Å². The molecule has 20 heavy (non-hydrogen) atoms. The third-order valence-corrected chi connectivity index (χ3v) is 4.55. The summed E-state index contributed by atoms with van der Waals surface area (Å²) in [6, 6.07) is 0. The van der Waals surface area contributed by atoms with Crippen molar-refractivity contribution in [2.45, 2.75) is 38.5 Å². The highest BCUT2D eigenvalue weighted by Crippen LogP contribution is 2.17. The van der Waals surface area contributed by atoms with Crippen molar-refractivity contribution in [1.29, 1.82) is 0 Å². The smallest absolute Gasteiger partial charge is 0.221 e. The van der Waals surface area contributed by atoms with Crippen LogP contribution in [-0.4, -0.2) is 43.5 Å². The predicted octanol–water partition coefficient (Wildman–Crippen LogP) is 1.52. The lowest BCUT2D eigenvalue weighted by Crippen LogP contribution is -2.42. The number of amides is 1. The van der Waals surface area contributed by atoms with Gasteiger partial charge in [0.05, 0.1) is 5.92 Å². The average molecular weight is 279 g/mol. The summed E-state index contributed by atoms with van der Waals surface area (Å²) in [5, 5.41) is 3.58. The van der Waals surface area contributed by atoms with Gasteiger partial charge in [-0.25, -0.2) is 0 Å². The third kappa shape index (κ3) is 5.25. The van der Waals surface area contributed by atoms with Gasteiger partial charge in [-0.15, -0.1) is 0 Å². The topological polar surface area (TPSA) is 58.4 Å². The molecular weight excluding hydrogens is 250 g/mol. The zero-order chi connectivity index (χ0) is 14.2. The number of nitrogens with two attached hydrogens (primary N) is 1. The Kier molecular flexibility index (Phi) is 6.54. The van der Waals surface area contributed by atoms with Crippen molar-refractivity contribution in [2.75, 3.05) is 32.7 Å². The summed E-state index contributed by atoms with van der Waals surface area (Å²) in [7, 11) is 0. The molecule has 0 bridgehead atoms. The molecular formula is C16H29N3O. The Hall–Kier alpha value is -0.870. The fourth-order valence-corrected chi connectivity index (χ4v) is 3.27. The van der Waals surface area contributed by atoms with Crippen molar-refractivity contribution in [3.05, 3.63) is 12.2 Å². The summed E-state index contributed by atoms with van der Waals surface area (Å²) in [5.41, 5.74) is 5.40. The highest BCUT2D eigenvalue weighted by molar-refractivity contribution is 5.76. The summed E-state index contributed by atoms with van der Waals surface area (Å²) in [6.45, 7) is 5.30. The Balaban J connectivity index is 1.52. The summed E-state index contributed by atoms with van der Waals surface area (Å²) < 4.78 is 0. The minimum atomic E-state index is -0.127. The predicted molar refractivity (Wildman–Crippen MR) is 82.3 cm³/mol. The molecule has 0 radical (unpaired) electrons. The number of rotatable bonds is 7. The summed E-state index contributed by atoms with van der Waals surface area (Å²) >= 11 is 0. The van der Waals surface area contributed by atoms with E-state index in [1.165, 1.54) is 19.3 Å². The van der Waals surface area contributed by atoms with Crippen LogP contribution < -0.4 is 11.1 Å². The molecule has 4 nitrogen and oxygen atoms in total. The molecule has 4 heteroatoms. The molecule has 2 atom stereocenters. The van der Waals surface area contributed by atoms with Crippen molar-refractivity contribution < 1.29 is 4.79 Å². The van der Waals surface area contributed by atoms with Gasteiger partial charge in [-0.2, -0.15) is 0 Å². The van der Waals surface area contributed by atoms with Gasteiger partial charge in [-0.05, 0) is 70.6 Å². The van der Waals surface area contributed by atoms with E-state index in [1.807, 2.05) is 0 Å². The van der Waals surface area contributed by atoms with Crippen molar-refractivity contribution in [3.8, 4) is 0 Å². The molecule has 2 rings (SSSR count). The minimum absolute atomic E-state index is 0.0748. The lowest BCUT2D eigenvalue weighted by atomic mass is 9.94. The first-order valence-corrected chi connectivity index (χ1v) is 8.13. The Morgan fingerprint density at radius 1 is 1.35 bits per heavy atom. The summed E-state index contributed by atoms with van der Waals surface area (Å²) in [6.07, 6.45) is 11.7. The van der Waals surface area contributed by atoms with Crippen LogP contribution in [-0.2, 0) is 4.79 Å². The molecule has 1 aliphatic carbocycles. The third-order valence-electron chi connectivity index (χ3n) is 4.55.